The highest BCUT2D eigenvalue weighted by Gasteiger charge is 2.31. The average Bonchev–Trinajstić information content (AvgIpc) is 3.60. The first-order chi connectivity index (χ1) is 15.0. The fourth-order valence-electron chi connectivity index (χ4n) is 4.28. The van der Waals surface area contributed by atoms with Gasteiger partial charge in [-0.15, -0.1) is 0 Å². The number of rotatable bonds is 4. The number of carbonyl (C=O) groups excluding carboxylic acids is 1. The predicted octanol–water partition coefficient (Wildman–Crippen LogP) is 3.84. The maximum Gasteiger partial charge on any atom is 0.257 e. The summed E-state index contributed by atoms with van der Waals surface area (Å²) in [6.45, 7) is 4.14. The van der Waals surface area contributed by atoms with Gasteiger partial charge < -0.3 is 20.9 Å². The Balaban J connectivity index is 1.46. The van der Waals surface area contributed by atoms with Gasteiger partial charge in [-0.2, -0.15) is 0 Å². The summed E-state index contributed by atoms with van der Waals surface area (Å²) in [5, 5.41) is 3.71. The molecule has 1 aliphatic carbocycles. The minimum atomic E-state index is -0.438. The zero-order valence-corrected chi connectivity index (χ0v) is 17.6. The quantitative estimate of drug-likeness (QED) is 0.629. The van der Waals surface area contributed by atoms with Gasteiger partial charge in [0.15, 0.2) is 0 Å². The number of likely N-dealkylation sites (N-methyl/N-ethyl adjacent to an activating group) is 1. The van der Waals surface area contributed by atoms with Crippen LogP contribution in [0, 0.1) is 5.82 Å². The molecule has 1 aromatic heterocycles. The summed E-state index contributed by atoms with van der Waals surface area (Å²) in [7, 11) is 2.16. The van der Waals surface area contributed by atoms with Crippen LogP contribution >= 0.6 is 0 Å². The molecule has 3 aromatic rings. The number of hydrogen-bond acceptors (Lipinski definition) is 5. The lowest BCUT2D eigenvalue weighted by Crippen LogP contribution is -2.44. The zero-order valence-electron chi connectivity index (χ0n) is 17.6. The molecule has 0 radical (unpaired) electrons. The van der Waals surface area contributed by atoms with Crippen molar-refractivity contribution in [3.8, 4) is 0 Å². The van der Waals surface area contributed by atoms with Crippen LogP contribution in [0.5, 0.6) is 0 Å². The number of hydrogen-bond donors (Lipinski definition) is 2. The van der Waals surface area contributed by atoms with Gasteiger partial charge in [-0.05, 0) is 56.1 Å². The summed E-state index contributed by atoms with van der Waals surface area (Å²) in [4.78, 5) is 22.3. The van der Waals surface area contributed by atoms with Crippen molar-refractivity contribution < 1.29 is 9.18 Å². The maximum atomic E-state index is 13.3. The first kappa shape index (κ1) is 19.8. The summed E-state index contributed by atoms with van der Waals surface area (Å²) in [5.41, 5.74) is 10.4. The van der Waals surface area contributed by atoms with Crippen LogP contribution in [-0.2, 0) is 0 Å². The summed E-state index contributed by atoms with van der Waals surface area (Å²) in [6.07, 6.45) is 4.00. The molecule has 160 valence electrons. The Morgan fingerprint density at radius 2 is 1.90 bits per heavy atom. The van der Waals surface area contributed by atoms with E-state index in [0.717, 1.165) is 37.1 Å². The number of halogens is 1. The van der Waals surface area contributed by atoms with Crippen molar-refractivity contribution >= 4 is 33.9 Å². The van der Waals surface area contributed by atoms with Crippen molar-refractivity contribution in [1.82, 2.24) is 9.88 Å². The first-order valence-electron chi connectivity index (χ1n) is 10.7. The molecule has 2 heterocycles. The number of benzene rings is 2. The van der Waals surface area contributed by atoms with E-state index >= 15 is 0 Å². The number of carbonyl (C=O) groups is 1. The Labute approximate surface area is 180 Å². The van der Waals surface area contributed by atoms with Gasteiger partial charge in [-0.25, -0.2) is 4.39 Å². The minimum absolute atomic E-state index is 0.190. The van der Waals surface area contributed by atoms with E-state index in [9.17, 15) is 9.18 Å². The van der Waals surface area contributed by atoms with E-state index in [1.807, 2.05) is 6.07 Å². The highest BCUT2D eigenvalue weighted by atomic mass is 19.1. The molecule has 1 aliphatic heterocycles. The Bertz CT molecular complexity index is 1150. The third-order valence-corrected chi connectivity index (χ3v) is 6.22. The number of nitrogens with zero attached hydrogens (tertiary/aromatic N) is 3. The van der Waals surface area contributed by atoms with Crippen LogP contribution in [0.15, 0.2) is 42.6 Å². The topological polar surface area (TPSA) is 74.5 Å². The van der Waals surface area contributed by atoms with Crippen molar-refractivity contribution in [2.45, 2.75) is 18.8 Å². The van der Waals surface area contributed by atoms with Crippen molar-refractivity contribution in [2.75, 3.05) is 49.2 Å². The van der Waals surface area contributed by atoms with Crippen LogP contribution in [-0.4, -0.2) is 49.0 Å². The van der Waals surface area contributed by atoms with Crippen molar-refractivity contribution in [3.05, 3.63) is 59.5 Å². The smallest absolute Gasteiger partial charge is 0.257 e. The third kappa shape index (κ3) is 3.93. The summed E-state index contributed by atoms with van der Waals surface area (Å²) >= 11 is 0. The van der Waals surface area contributed by atoms with Gasteiger partial charge in [0.05, 0.1) is 22.5 Å². The highest BCUT2D eigenvalue weighted by molar-refractivity contribution is 6.07. The second kappa shape index (κ2) is 7.81. The molecule has 0 atom stereocenters. The summed E-state index contributed by atoms with van der Waals surface area (Å²) in [6, 6.07) is 10.0. The Morgan fingerprint density at radius 3 is 2.61 bits per heavy atom. The fraction of sp³-hybridized carbons (Fsp3) is 0.333. The van der Waals surface area contributed by atoms with E-state index in [1.165, 1.54) is 42.3 Å². The Morgan fingerprint density at radius 1 is 1.13 bits per heavy atom. The number of pyridine rings is 1. The van der Waals surface area contributed by atoms with Gasteiger partial charge in [0.2, 0.25) is 0 Å². The molecular weight excluding hydrogens is 393 g/mol. The lowest BCUT2D eigenvalue weighted by atomic mass is 10.0. The minimum Gasteiger partial charge on any atom is -0.397 e. The predicted molar refractivity (Wildman–Crippen MR) is 122 cm³/mol. The van der Waals surface area contributed by atoms with E-state index in [0.29, 0.717) is 17.2 Å². The standard InChI is InChI=1S/C24H26FN5O/c1-29-8-10-30(11-9-29)21-7-4-16-12-17(14-27-23(16)22(21)15-2-3-15)24(31)28-20-6-5-18(25)13-19(20)26/h4-7,12-15H,2-3,8-11,26H2,1H3,(H,28,31). The Kier molecular flexibility index (Phi) is 4.98. The summed E-state index contributed by atoms with van der Waals surface area (Å²) in [5.74, 6) is -0.208. The normalized spacial score (nSPS) is 17.2. The molecule has 6 nitrogen and oxygen atoms in total. The summed E-state index contributed by atoms with van der Waals surface area (Å²) < 4.78 is 13.3. The van der Waals surface area contributed by atoms with Gasteiger partial charge >= 0.3 is 0 Å². The van der Waals surface area contributed by atoms with E-state index < -0.39 is 5.82 Å². The molecule has 31 heavy (non-hydrogen) atoms. The third-order valence-electron chi connectivity index (χ3n) is 6.22. The van der Waals surface area contributed by atoms with Gasteiger partial charge in [0.25, 0.3) is 5.91 Å². The highest BCUT2D eigenvalue weighted by Crippen LogP contribution is 2.47. The Hall–Kier alpha value is -3.19. The van der Waals surface area contributed by atoms with Crippen LogP contribution in [0.25, 0.3) is 10.9 Å². The lowest BCUT2D eigenvalue weighted by Gasteiger charge is -2.35. The van der Waals surface area contributed by atoms with Crippen LogP contribution < -0.4 is 16.0 Å². The largest absolute Gasteiger partial charge is 0.397 e. The number of anilines is 3. The number of nitrogens with two attached hydrogens (primary N) is 1. The zero-order chi connectivity index (χ0) is 21.5. The number of nitrogen functional groups attached to an aromatic ring is 1. The second-order valence-corrected chi connectivity index (χ2v) is 8.54. The number of amides is 1. The SMILES string of the molecule is CN1CCN(c2ccc3cc(C(=O)Nc4ccc(F)cc4N)cnc3c2C2CC2)CC1. The molecule has 3 N–H and O–H groups in total. The van der Waals surface area contributed by atoms with E-state index in [2.05, 4.69) is 34.3 Å². The van der Waals surface area contributed by atoms with Gasteiger partial charge in [0, 0.05) is 49.0 Å². The van der Waals surface area contributed by atoms with Crippen LogP contribution in [0.3, 0.4) is 0 Å². The second-order valence-electron chi connectivity index (χ2n) is 8.54. The van der Waals surface area contributed by atoms with Crippen LogP contribution in [0.1, 0.15) is 34.7 Å². The monoisotopic (exact) mass is 419 g/mol. The molecule has 2 fully saturated rings. The van der Waals surface area contributed by atoms with E-state index in [1.54, 1.807) is 6.20 Å². The molecule has 0 bridgehead atoms. The van der Waals surface area contributed by atoms with Crippen LogP contribution in [0.2, 0.25) is 0 Å². The number of piperazine rings is 1. The fourth-order valence-corrected chi connectivity index (χ4v) is 4.28. The molecule has 5 rings (SSSR count). The van der Waals surface area contributed by atoms with E-state index in [4.69, 9.17) is 10.7 Å². The maximum absolute atomic E-state index is 13.3. The molecule has 1 saturated heterocycles. The van der Waals surface area contributed by atoms with Gasteiger partial charge in [-0.3, -0.25) is 9.78 Å². The number of fused-ring (bicyclic) bond motifs is 1. The van der Waals surface area contributed by atoms with Gasteiger partial charge in [0.1, 0.15) is 5.82 Å². The lowest BCUT2D eigenvalue weighted by molar-refractivity contribution is 0.102. The van der Waals surface area contributed by atoms with Crippen molar-refractivity contribution in [1.29, 1.82) is 0 Å². The van der Waals surface area contributed by atoms with Crippen molar-refractivity contribution in [3.63, 3.8) is 0 Å². The molecule has 0 unspecified atom stereocenters. The molecule has 2 aromatic carbocycles. The first-order valence-corrected chi connectivity index (χ1v) is 10.7. The molecule has 1 saturated carbocycles. The van der Waals surface area contributed by atoms with Crippen molar-refractivity contribution in [2.24, 2.45) is 0 Å². The van der Waals surface area contributed by atoms with Crippen LogP contribution in [0.4, 0.5) is 21.5 Å². The number of aromatic nitrogens is 1. The molecule has 7 heteroatoms. The number of nitrogens with one attached hydrogen (secondary N) is 1. The molecule has 2 aliphatic rings. The van der Waals surface area contributed by atoms with Gasteiger partial charge in [-0.1, -0.05) is 6.07 Å². The van der Waals surface area contributed by atoms with E-state index in [-0.39, 0.29) is 11.6 Å². The molecule has 0 spiro atoms. The molecule has 1 amide bonds. The average molecular weight is 420 g/mol. The molecular formula is C24H26FN5O.